The maximum atomic E-state index is 14.0. The van der Waals surface area contributed by atoms with Crippen LogP contribution in [0.15, 0.2) is 48.5 Å². The molecule has 2 N–H and O–H groups in total. The maximum Gasteiger partial charge on any atom is 0.127 e. The van der Waals surface area contributed by atoms with Crippen LogP contribution in [-0.4, -0.2) is 6.04 Å². The number of benzene rings is 2. The molecule has 0 aromatic heterocycles. The lowest BCUT2D eigenvalue weighted by atomic mass is 10.0. The van der Waals surface area contributed by atoms with Gasteiger partial charge in [0.15, 0.2) is 0 Å². The van der Waals surface area contributed by atoms with Gasteiger partial charge in [0.1, 0.15) is 5.82 Å². The molecule has 2 aromatic rings. The minimum Gasteiger partial charge on any atom is -0.326 e. The van der Waals surface area contributed by atoms with Crippen molar-refractivity contribution >= 4 is 23.4 Å². The fraction of sp³-hybridized carbons (Fsp3) is 0.294. The van der Waals surface area contributed by atoms with E-state index in [1.165, 1.54) is 6.07 Å². The molecular formula is C17H19ClFNS. The second-order valence-corrected chi connectivity index (χ2v) is 6.52. The average molecular weight is 324 g/mol. The number of nitrogens with two attached hydrogens (primary N) is 1. The van der Waals surface area contributed by atoms with Crippen molar-refractivity contribution in [2.75, 3.05) is 0 Å². The number of halogens is 2. The highest BCUT2D eigenvalue weighted by Gasteiger charge is 2.21. The lowest BCUT2D eigenvalue weighted by molar-refractivity contribution is 0.572. The van der Waals surface area contributed by atoms with Gasteiger partial charge in [-0.2, -0.15) is 0 Å². The third-order valence-electron chi connectivity index (χ3n) is 3.41. The van der Waals surface area contributed by atoms with Crippen molar-refractivity contribution in [1.82, 2.24) is 0 Å². The summed E-state index contributed by atoms with van der Waals surface area (Å²) in [6.07, 6.45) is 0.812. The van der Waals surface area contributed by atoms with Crippen LogP contribution in [0.2, 0.25) is 5.02 Å². The molecule has 2 rings (SSSR count). The molecule has 0 fully saturated rings. The summed E-state index contributed by atoms with van der Waals surface area (Å²) in [6, 6.07) is 14.5. The van der Waals surface area contributed by atoms with Crippen molar-refractivity contribution in [3.05, 3.63) is 70.5 Å². The van der Waals surface area contributed by atoms with Crippen LogP contribution in [0.5, 0.6) is 0 Å². The number of rotatable bonds is 6. The fourth-order valence-corrected chi connectivity index (χ4v) is 3.63. The van der Waals surface area contributed by atoms with Gasteiger partial charge >= 0.3 is 0 Å². The minimum absolute atomic E-state index is 0.0492. The Kier molecular flexibility index (Phi) is 6.09. The second kappa shape index (κ2) is 7.83. The third-order valence-corrected chi connectivity index (χ3v) is 5.13. The van der Waals surface area contributed by atoms with Crippen molar-refractivity contribution in [3.63, 3.8) is 0 Å². The standard InChI is InChI=1S/C17H19ClFNS/c1-2-16(20)17(14-5-3-4-6-15(14)19)21-11-12-7-9-13(18)10-8-12/h3-10,16-17H,2,11,20H2,1H3. The highest BCUT2D eigenvalue weighted by Crippen LogP contribution is 2.36. The molecule has 0 aliphatic heterocycles. The second-order valence-electron chi connectivity index (χ2n) is 4.95. The first-order valence-electron chi connectivity index (χ1n) is 6.98. The Morgan fingerprint density at radius 3 is 2.43 bits per heavy atom. The smallest absolute Gasteiger partial charge is 0.127 e. The molecule has 0 bridgehead atoms. The van der Waals surface area contributed by atoms with E-state index in [9.17, 15) is 4.39 Å². The fourth-order valence-electron chi connectivity index (χ4n) is 2.13. The zero-order valence-electron chi connectivity index (χ0n) is 11.9. The van der Waals surface area contributed by atoms with Crippen molar-refractivity contribution in [3.8, 4) is 0 Å². The number of thioether (sulfide) groups is 1. The molecule has 0 saturated carbocycles. The van der Waals surface area contributed by atoms with E-state index in [1.54, 1.807) is 17.8 Å². The average Bonchev–Trinajstić information content (AvgIpc) is 2.50. The zero-order valence-corrected chi connectivity index (χ0v) is 13.5. The highest BCUT2D eigenvalue weighted by molar-refractivity contribution is 7.98. The Morgan fingerprint density at radius 1 is 1.14 bits per heavy atom. The molecular weight excluding hydrogens is 305 g/mol. The van der Waals surface area contributed by atoms with Crippen molar-refractivity contribution in [1.29, 1.82) is 0 Å². The monoisotopic (exact) mass is 323 g/mol. The largest absolute Gasteiger partial charge is 0.326 e. The van der Waals surface area contributed by atoms with Crippen molar-refractivity contribution < 1.29 is 4.39 Å². The van der Waals surface area contributed by atoms with Crippen LogP contribution in [-0.2, 0) is 5.75 Å². The summed E-state index contributed by atoms with van der Waals surface area (Å²) in [5, 5.41) is 0.673. The van der Waals surface area contributed by atoms with Gasteiger partial charge < -0.3 is 5.73 Å². The summed E-state index contributed by atoms with van der Waals surface area (Å²) in [6.45, 7) is 2.03. The summed E-state index contributed by atoms with van der Waals surface area (Å²) < 4.78 is 14.0. The summed E-state index contributed by atoms with van der Waals surface area (Å²) in [7, 11) is 0. The number of hydrogen-bond acceptors (Lipinski definition) is 2. The molecule has 0 aliphatic rings. The summed E-state index contributed by atoms with van der Waals surface area (Å²) in [5.74, 6) is 0.596. The predicted octanol–water partition coefficient (Wildman–Crippen LogP) is 5.19. The first-order valence-corrected chi connectivity index (χ1v) is 8.40. The van der Waals surface area contributed by atoms with E-state index < -0.39 is 0 Å². The molecule has 112 valence electrons. The van der Waals surface area contributed by atoms with Crippen molar-refractivity contribution in [2.24, 2.45) is 5.73 Å². The molecule has 2 aromatic carbocycles. The van der Waals surface area contributed by atoms with Crippen LogP contribution >= 0.6 is 23.4 Å². The van der Waals surface area contributed by atoms with Crippen LogP contribution in [0.4, 0.5) is 4.39 Å². The minimum atomic E-state index is -0.185. The van der Waals surface area contributed by atoms with E-state index in [0.29, 0.717) is 5.56 Å². The van der Waals surface area contributed by atoms with Gasteiger partial charge in [-0.1, -0.05) is 48.9 Å². The SMILES string of the molecule is CCC(N)C(SCc1ccc(Cl)cc1)c1ccccc1F. The summed E-state index contributed by atoms with van der Waals surface area (Å²) in [4.78, 5) is 0. The van der Waals surface area contributed by atoms with Gasteiger partial charge in [0.25, 0.3) is 0 Å². The van der Waals surface area contributed by atoms with Gasteiger partial charge in [0.05, 0.1) is 0 Å². The molecule has 0 saturated heterocycles. The summed E-state index contributed by atoms with van der Waals surface area (Å²) >= 11 is 7.56. The Balaban J connectivity index is 2.14. The molecule has 21 heavy (non-hydrogen) atoms. The van der Waals surface area contributed by atoms with Crippen LogP contribution in [0.25, 0.3) is 0 Å². The molecule has 1 nitrogen and oxygen atoms in total. The summed E-state index contributed by atoms with van der Waals surface area (Å²) in [5.41, 5.74) is 8.04. The number of hydrogen-bond donors (Lipinski definition) is 1. The van der Waals surface area contributed by atoms with E-state index in [-0.39, 0.29) is 17.1 Å². The van der Waals surface area contributed by atoms with E-state index in [0.717, 1.165) is 22.8 Å². The van der Waals surface area contributed by atoms with Crippen LogP contribution in [0.1, 0.15) is 29.7 Å². The molecule has 4 heteroatoms. The lowest BCUT2D eigenvalue weighted by Crippen LogP contribution is -2.26. The zero-order chi connectivity index (χ0) is 15.2. The third kappa shape index (κ3) is 4.47. The Morgan fingerprint density at radius 2 is 1.81 bits per heavy atom. The van der Waals surface area contributed by atoms with Gasteiger partial charge in [0, 0.05) is 27.6 Å². The van der Waals surface area contributed by atoms with Crippen LogP contribution < -0.4 is 5.73 Å². The van der Waals surface area contributed by atoms with E-state index >= 15 is 0 Å². The van der Waals surface area contributed by atoms with E-state index in [1.807, 2.05) is 43.3 Å². The molecule has 0 aliphatic carbocycles. The van der Waals surface area contributed by atoms with Crippen molar-refractivity contribution in [2.45, 2.75) is 30.4 Å². The first kappa shape index (κ1) is 16.3. The molecule has 0 radical (unpaired) electrons. The van der Waals surface area contributed by atoms with E-state index in [4.69, 9.17) is 17.3 Å². The van der Waals surface area contributed by atoms with Gasteiger partial charge in [-0.15, -0.1) is 11.8 Å². The maximum absolute atomic E-state index is 14.0. The van der Waals surface area contributed by atoms with Crippen LogP contribution in [0, 0.1) is 5.82 Å². The highest BCUT2D eigenvalue weighted by atomic mass is 35.5. The molecule has 0 spiro atoms. The van der Waals surface area contributed by atoms with Gasteiger partial charge in [0.2, 0.25) is 0 Å². The Hall–Kier alpha value is -1.03. The van der Waals surface area contributed by atoms with Gasteiger partial charge in [-0.3, -0.25) is 0 Å². The molecule has 2 unspecified atom stereocenters. The van der Waals surface area contributed by atoms with Gasteiger partial charge in [-0.25, -0.2) is 4.39 Å². The molecule has 2 atom stereocenters. The quantitative estimate of drug-likeness (QED) is 0.791. The predicted molar refractivity (Wildman–Crippen MR) is 90.2 cm³/mol. The first-order chi connectivity index (χ1) is 10.1. The lowest BCUT2D eigenvalue weighted by Gasteiger charge is -2.23. The Labute approximate surface area is 134 Å². The van der Waals surface area contributed by atoms with Crippen LogP contribution in [0.3, 0.4) is 0 Å². The van der Waals surface area contributed by atoms with Gasteiger partial charge in [-0.05, 0) is 30.2 Å². The molecule has 0 amide bonds. The topological polar surface area (TPSA) is 26.0 Å². The van der Waals surface area contributed by atoms with E-state index in [2.05, 4.69) is 0 Å². The molecule has 0 heterocycles. The Bertz CT molecular complexity index is 573. The normalized spacial score (nSPS) is 13.9.